The molecule has 3 aliphatic carbocycles. The Balaban J connectivity index is 1.05. The molecule has 0 heteroatoms. The lowest BCUT2D eigenvalue weighted by atomic mass is 9.66. The van der Waals surface area contributed by atoms with Crippen molar-refractivity contribution in [3.63, 3.8) is 0 Å². The van der Waals surface area contributed by atoms with Crippen LogP contribution in [0.25, 0.3) is 89.0 Å². The van der Waals surface area contributed by atoms with Crippen LogP contribution in [0, 0.1) is 0 Å². The van der Waals surface area contributed by atoms with E-state index in [0.717, 1.165) is 0 Å². The summed E-state index contributed by atoms with van der Waals surface area (Å²) in [5, 5.41) is 0. The normalized spacial score (nSPS) is 13.6. The van der Waals surface area contributed by atoms with Gasteiger partial charge in [-0.3, -0.25) is 0 Å². The van der Waals surface area contributed by atoms with Crippen molar-refractivity contribution in [2.75, 3.05) is 0 Å². The smallest absolute Gasteiger partial charge is 0.0622 e. The first-order chi connectivity index (χ1) is 36.7. The van der Waals surface area contributed by atoms with Crippen LogP contribution < -0.4 is 0 Å². The van der Waals surface area contributed by atoms with Gasteiger partial charge in [-0.25, -0.2) is 0 Å². The van der Waals surface area contributed by atoms with E-state index in [1.165, 1.54) is 134 Å². The molecule has 0 saturated carbocycles. The lowest BCUT2D eigenvalue weighted by Crippen LogP contribution is -2.29. The van der Waals surface area contributed by atoms with E-state index in [0.29, 0.717) is 0 Å². The van der Waals surface area contributed by atoms with Crippen molar-refractivity contribution in [3.05, 3.63) is 336 Å². The van der Waals surface area contributed by atoms with E-state index < -0.39 is 10.8 Å². The van der Waals surface area contributed by atoms with Gasteiger partial charge in [0.2, 0.25) is 0 Å². The van der Waals surface area contributed by atoms with E-state index in [-0.39, 0.29) is 0 Å². The standard InChI is InChI=1S/C74H48/c1-4-20-49(21-5-1)52-26-16-28-54(44-52)56-30-18-32-59(46-56)73(60-33-19-31-57(47-60)55-29-17-27-53(45-55)50-22-6-2-7-23-50)68-42-43-69-71(72(68)64-41-40-58(48-70(64)73)51-24-8-3-9-25-51)63-36-12-15-39-67(63)74(69)65-37-13-10-34-61(65)62-35-11-14-38-66(62)74/h1-48H. The van der Waals surface area contributed by atoms with Crippen molar-refractivity contribution in [2.45, 2.75) is 10.8 Å². The lowest BCUT2D eigenvalue weighted by molar-refractivity contribution is 0.765. The fourth-order valence-electron chi connectivity index (χ4n) is 13.5. The largest absolute Gasteiger partial charge is 0.0725 e. The minimum absolute atomic E-state index is 0.475. The summed E-state index contributed by atoms with van der Waals surface area (Å²) in [5.41, 5.74) is 29.1. The first-order valence-corrected chi connectivity index (χ1v) is 25.9. The van der Waals surface area contributed by atoms with Crippen LogP contribution in [0.3, 0.4) is 0 Å². The van der Waals surface area contributed by atoms with E-state index in [9.17, 15) is 0 Å². The van der Waals surface area contributed by atoms with E-state index in [4.69, 9.17) is 0 Å². The number of hydrogen-bond acceptors (Lipinski definition) is 0. The van der Waals surface area contributed by atoms with Crippen molar-refractivity contribution in [1.82, 2.24) is 0 Å². The Morgan fingerprint density at radius 1 is 0.162 bits per heavy atom. The molecule has 344 valence electrons. The Bertz CT molecular complexity index is 4010. The average molecular weight is 937 g/mol. The first-order valence-electron chi connectivity index (χ1n) is 25.9. The van der Waals surface area contributed by atoms with E-state index in [1.807, 2.05) is 0 Å². The summed E-state index contributed by atoms with van der Waals surface area (Å²) in [7, 11) is 0. The molecule has 0 radical (unpaired) electrons. The van der Waals surface area contributed by atoms with Crippen LogP contribution in [0.4, 0.5) is 0 Å². The van der Waals surface area contributed by atoms with E-state index >= 15 is 0 Å². The van der Waals surface area contributed by atoms with Gasteiger partial charge in [0.25, 0.3) is 0 Å². The Morgan fingerprint density at radius 2 is 0.486 bits per heavy atom. The second kappa shape index (κ2) is 16.6. The summed E-state index contributed by atoms with van der Waals surface area (Å²) >= 11 is 0. The molecule has 0 N–H and O–H groups in total. The Hall–Kier alpha value is -9.36. The third-order valence-electron chi connectivity index (χ3n) is 16.6. The number of hydrogen-bond donors (Lipinski definition) is 0. The monoisotopic (exact) mass is 936 g/mol. The molecule has 0 heterocycles. The molecule has 0 fully saturated rings. The molecule has 12 aromatic carbocycles. The van der Waals surface area contributed by atoms with Crippen LogP contribution in [0.15, 0.2) is 291 Å². The van der Waals surface area contributed by atoms with Gasteiger partial charge in [0, 0.05) is 0 Å². The zero-order valence-electron chi connectivity index (χ0n) is 40.7. The maximum absolute atomic E-state index is 2.53. The Kier molecular flexibility index (Phi) is 9.50. The van der Waals surface area contributed by atoms with Crippen molar-refractivity contribution in [2.24, 2.45) is 0 Å². The second-order valence-corrected chi connectivity index (χ2v) is 20.2. The quantitative estimate of drug-likeness (QED) is 0.149. The molecule has 0 amide bonds. The number of fused-ring (bicyclic) bond motifs is 14. The van der Waals surface area contributed by atoms with Gasteiger partial charge in [0.1, 0.15) is 0 Å². The predicted molar refractivity (Wildman–Crippen MR) is 307 cm³/mol. The molecule has 0 saturated heterocycles. The summed E-state index contributed by atoms with van der Waals surface area (Å²) in [6, 6.07) is 109. The topological polar surface area (TPSA) is 0 Å². The van der Waals surface area contributed by atoms with Gasteiger partial charge in [0.15, 0.2) is 0 Å². The van der Waals surface area contributed by atoms with Crippen LogP contribution in [-0.2, 0) is 10.8 Å². The van der Waals surface area contributed by atoms with E-state index in [2.05, 4.69) is 291 Å². The highest BCUT2D eigenvalue weighted by Crippen LogP contribution is 2.68. The SMILES string of the molecule is c1ccc(-c2cccc(-c3cccc(C4(c5cccc(-c6cccc(-c7ccccc7)c6)c5)c5cc(-c6ccccc6)ccc5-c5c4ccc4c5-c5ccccc5C45c4ccccc4-c4ccccc45)c3)c2)cc1. The molecular weight excluding hydrogens is 889 g/mol. The Labute approximate surface area is 433 Å². The predicted octanol–water partition coefficient (Wildman–Crippen LogP) is 18.7. The summed E-state index contributed by atoms with van der Waals surface area (Å²) < 4.78 is 0. The maximum Gasteiger partial charge on any atom is 0.0725 e. The van der Waals surface area contributed by atoms with Crippen LogP contribution in [0.2, 0.25) is 0 Å². The molecule has 0 atom stereocenters. The summed E-state index contributed by atoms with van der Waals surface area (Å²) in [5.74, 6) is 0. The van der Waals surface area contributed by atoms with Crippen LogP contribution >= 0.6 is 0 Å². The average Bonchev–Trinajstić information content (AvgIpc) is 4.24. The Morgan fingerprint density at radius 3 is 0.959 bits per heavy atom. The molecule has 0 aromatic heterocycles. The third-order valence-corrected chi connectivity index (χ3v) is 16.6. The third kappa shape index (κ3) is 6.09. The molecule has 15 rings (SSSR count). The lowest BCUT2D eigenvalue weighted by Gasteiger charge is -2.35. The minimum atomic E-state index is -0.735. The molecule has 0 unspecified atom stereocenters. The highest BCUT2D eigenvalue weighted by Gasteiger charge is 2.55. The summed E-state index contributed by atoms with van der Waals surface area (Å²) in [6.07, 6.45) is 0. The van der Waals surface area contributed by atoms with E-state index in [1.54, 1.807) is 0 Å². The molecule has 12 aromatic rings. The highest BCUT2D eigenvalue weighted by atomic mass is 14.6. The van der Waals surface area contributed by atoms with Gasteiger partial charge >= 0.3 is 0 Å². The fraction of sp³-hybridized carbons (Fsp3) is 0.0270. The second-order valence-electron chi connectivity index (χ2n) is 20.2. The molecule has 3 aliphatic rings. The van der Waals surface area contributed by atoms with Gasteiger partial charge in [0.05, 0.1) is 10.8 Å². The van der Waals surface area contributed by atoms with Gasteiger partial charge in [-0.2, -0.15) is 0 Å². The van der Waals surface area contributed by atoms with Gasteiger partial charge in [-0.1, -0.05) is 261 Å². The fourth-order valence-corrected chi connectivity index (χ4v) is 13.5. The molecule has 74 heavy (non-hydrogen) atoms. The summed E-state index contributed by atoms with van der Waals surface area (Å²) in [6.45, 7) is 0. The number of benzene rings is 12. The van der Waals surface area contributed by atoms with Gasteiger partial charge in [-0.05, 0) is 164 Å². The van der Waals surface area contributed by atoms with Crippen LogP contribution in [-0.4, -0.2) is 0 Å². The van der Waals surface area contributed by atoms with Crippen molar-refractivity contribution in [3.8, 4) is 89.0 Å². The van der Waals surface area contributed by atoms with Gasteiger partial charge < -0.3 is 0 Å². The first kappa shape index (κ1) is 42.3. The number of rotatable bonds is 7. The minimum Gasteiger partial charge on any atom is -0.0622 e. The molecule has 0 aliphatic heterocycles. The van der Waals surface area contributed by atoms with Gasteiger partial charge in [-0.15, -0.1) is 0 Å². The van der Waals surface area contributed by atoms with Crippen molar-refractivity contribution in [1.29, 1.82) is 0 Å². The van der Waals surface area contributed by atoms with Crippen LogP contribution in [0.5, 0.6) is 0 Å². The zero-order chi connectivity index (χ0) is 48.8. The summed E-state index contributed by atoms with van der Waals surface area (Å²) in [4.78, 5) is 0. The molecule has 0 bridgehead atoms. The van der Waals surface area contributed by atoms with Crippen LogP contribution in [0.1, 0.15) is 44.5 Å². The molecule has 1 spiro atoms. The maximum atomic E-state index is 2.53. The van der Waals surface area contributed by atoms with Crippen molar-refractivity contribution < 1.29 is 0 Å². The molecule has 0 nitrogen and oxygen atoms in total. The molecular formula is C74H48. The zero-order valence-corrected chi connectivity index (χ0v) is 40.7. The van der Waals surface area contributed by atoms with Crippen molar-refractivity contribution >= 4 is 0 Å². The highest BCUT2D eigenvalue weighted by molar-refractivity contribution is 6.05.